The van der Waals surface area contributed by atoms with Crippen molar-refractivity contribution in [2.75, 3.05) is 39.4 Å². The Morgan fingerprint density at radius 3 is 2.73 bits per heavy atom. The highest BCUT2D eigenvalue weighted by atomic mass is 32.1. The Balaban J connectivity index is 1.45. The summed E-state index contributed by atoms with van der Waals surface area (Å²) in [6.07, 6.45) is 4.77. The minimum Gasteiger partial charge on any atom is -0.379 e. The molecule has 0 aliphatic carbocycles. The molecule has 2 aliphatic rings. The fraction of sp³-hybridized carbons (Fsp3) is 0.458. The van der Waals surface area contributed by atoms with E-state index in [1.165, 1.54) is 17.0 Å². The smallest absolute Gasteiger partial charge is 0.193 e. The number of thiocarbonyl (C=S) groups is 1. The van der Waals surface area contributed by atoms with E-state index in [-0.39, 0.29) is 12.1 Å². The van der Waals surface area contributed by atoms with Crippen LogP contribution in [0.1, 0.15) is 41.1 Å². The number of nitrogens with one attached hydrogen (secondary N) is 1. The van der Waals surface area contributed by atoms with Crippen molar-refractivity contribution >= 4 is 28.7 Å². The number of nitrogens with zero attached hydrogens (tertiary/aromatic N) is 5. The SMILES string of the molecule is Cc1cc([C@@H]2[C@@H](c3ccccn3)NC(=S)N2CCCN2CCOCC2)c(C)n1-c1nccs1. The lowest BCUT2D eigenvalue weighted by molar-refractivity contribution is 0.0365. The summed E-state index contributed by atoms with van der Waals surface area (Å²) >= 11 is 7.52. The Morgan fingerprint density at radius 1 is 1.15 bits per heavy atom. The predicted molar refractivity (Wildman–Crippen MR) is 135 cm³/mol. The first-order chi connectivity index (χ1) is 16.1. The van der Waals surface area contributed by atoms with E-state index >= 15 is 0 Å². The van der Waals surface area contributed by atoms with Crippen LogP contribution < -0.4 is 5.32 Å². The molecule has 2 saturated heterocycles. The number of thiazole rings is 1. The van der Waals surface area contributed by atoms with Crippen molar-refractivity contribution in [2.24, 2.45) is 0 Å². The maximum Gasteiger partial charge on any atom is 0.193 e. The average molecular weight is 483 g/mol. The Labute approximate surface area is 204 Å². The summed E-state index contributed by atoms with van der Waals surface area (Å²) in [7, 11) is 0. The first kappa shape index (κ1) is 22.5. The molecule has 0 spiro atoms. The van der Waals surface area contributed by atoms with Crippen molar-refractivity contribution in [3.63, 3.8) is 0 Å². The van der Waals surface area contributed by atoms with Crippen LogP contribution in [0.3, 0.4) is 0 Å². The third-order valence-electron chi connectivity index (χ3n) is 6.57. The molecule has 7 nitrogen and oxygen atoms in total. The standard InChI is InChI=1S/C24H30N6OS2/c1-17-16-19(18(2)30(17)24-26-8-15-33-24)22-21(20-6-3-4-7-25-20)27-23(32)29(22)10-5-9-28-11-13-31-14-12-28/h3-4,6-8,15-16,21-22H,5,9-14H2,1-2H3,(H,27,32)/t21-,22-/m1/s1. The number of ether oxygens (including phenoxy) is 1. The van der Waals surface area contributed by atoms with Gasteiger partial charge in [0.2, 0.25) is 0 Å². The largest absolute Gasteiger partial charge is 0.379 e. The summed E-state index contributed by atoms with van der Waals surface area (Å²) < 4.78 is 7.75. The Hall–Kier alpha value is -2.33. The number of rotatable bonds is 7. The molecular weight excluding hydrogens is 452 g/mol. The fourth-order valence-electron chi connectivity index (χ4n) is 4.98. The molecule has 2 atom stereocenters. The quantitative estimate of drug-likeness (QED) is 0.516. The first-order valence-corrected chi connectivity index (χ1v) is 12.8. The van der Waals surface area contributed by atoms with Crippen LogP contribution in [-0.4, -0.2) is 68.8 Å². The molecular formula is C24H30N6OS2. The van der Waals surface area contributed by atoms with Gasteiger partial charge in [-0.05, 0) is 56.2 Å². The molecule has 0 unspecified atom stereocenters. The van der Waals surface area contributed by atoms with Crippen molar-refractivity contribution < 1.29 is 4.74 Å². The lowest BCUT2D eigenvalue weighted by atomic mass is 9.96. The minimum absolute atomic E-state index is 0.00679. The second-order valence-corrected chi connectivity index (χ2v) is 9.86. The van der Waals surface area contributed by atoms with Crippen molar-refractivity contribution in [3.05, 3.63) is 64.7 Å². The lowest BCUT2D eigenvalue weighted by Crippen LogP contribution is -2.39. The molecule has 0 bridgehead atoms. The molecule has 2 aliphatic heterocycles. The van der Waals surface area contributed by atoms with Gasteiger partial charge in [-0.2, -0.15) is 0 Å². The van der Waals surface area contributed by atoms with Crippen molar-refractivity contribution in [2.45, 2.75) is 32.4 Å². The van der Waals surface area contributed by atoms with E-state index in [0.717, 1.165) is 61.8 Å². The van der Waals surface area contributed by atoms with Gasteiger partial charge < -0.3 is 15.0 Å². The highest BCUT2D eigenvalue weighted by Crippen LogP contribution is 2.41. The summed E-state index contributed by atoms with van der Waals surface area (Å²) in [5, 5.41) is 7.41. The highest BCUT2D eigenvalue weighted by molar-refractivity contribution is 7.80. The zero-order valence-electron chi connectivity index (χ0n) is 19.1. The molecule has 5 heterocycles. The zero-order valence-corrected chi connectivity index (χ0v) is 20.7. The van der Waals surface area contributed by atoms with Gasteiger partial charge >= 0.3 is 0 Å². The maximum atomic E-state index is 5.86. The van der Waals surface area contributed by atoms with Crippen molar-refractivity contribution in [1.29, 1.82) is 0 Å². The van der Waals surface area contributed by atoms with E-state index in [1.54, 1.807) is 11.3 Å². The first-order valence-electron chi connectivity index (χ1n) is 11.5. The molecule has 174 valence electrons. The van der Waals surface area contributed by atoms with Gasteiger partial charge in [0.1, 0.15) is 0 Å². The Morgan fingerprint density at radius 2 is 2.00 bits per heavy atom. The molecule has 0 radical (unpaired) electrons. The third kappa shape index (κ3) is 4.55. The van der Waals surface area contributed by atoms with E-state index in [4.69, 9.17) is 17.0 Å². The van der Waals surface area contributed by atoms with Crippen LogP contribution in [0, 0.1) is 13.8 Å². The van der Waals surface area contributed by atoms with Gasteiger partial charge in [0, 0.05) is 55.3 Å². The molecule has 33 heavy (non-hydrogen) atoms. The van der Waals surface area contributed by atoms with Gasteiger partial charge in [-0.3, -0.25) is 14.5 Å². The normalized spacial score (nSPS) is 21.5. The summed E-state index contributed by atoms with van der Waals surface area (Å²) in [6, 6.07) is 8.47. The Kier molecular flexibility index (Phi) is 6.73. The summed E-state index contributed by atoms with van der Waals surface area (Å²) in [6.45, 7) is 9.98. The monoisotopic (exact) mass is 482 g/mol. The van der Waals surface area contributed by atoms with Crippen LogP contribution in [0.15, 0.2) is 42.0 Å². The van der Waals surface area contributed by atoms with Crippen LogP contribution in [0.4, 0.5) is 0 Å². The molecule has 3 aromatic rings. The van der Waals surface area contributed by atoms with Crippen molar-refractivity contribution in [1.82, 2.24) is 29.7 Å². The number of aryl methyl sites for hydroxylation is 1. The minimum atomic E-state index is 0.00679. The van der Waals surface area contributed by atoms with Crippen molar-refractivity contribution in [3.8, 4) is 5.13 Å². The number of hydrogen-bond acceptors (Lipinski definition) is 6. The molecule has 2 fully saturated rings. The molecule has 0 amide bonds. The van der Waals surface area contributed by atoms with E-state index in [0.29, 0.717) is 0 Å². The van der Waals surface area contributed by atoms with Gasteiger partial charge in [-0.25, -0.2) is 4.98 Å². The summed E-state index contributed by atoms with van der Waals surface area (Å²) in [5.41, 5.74) is 4.68. The van der Waals surface area contributed by atoms with Gasteiger partial charge in [0.05, 0.1) is 31.0 Å². The van der Waals surface area contributed by atoms with Crippen LogP contribution in [0.2, 0.25) is 0 Å². The molecule has 5 rings (SSSR count). The molecule has 0 aromatic carbocycles. The lowest BCUT2D eigenvalue weighted by Gasteiger charge is -2.30. The van der Waals surface area contributed by atoms with Crippen LogP contribution in [0.25, 0.3) is 5.13 Å². The van der Waals surface area contributed by atoms with E-state index in [2.05, 4.69) is 55.6 Å². The number of morpholine rings is 1. The van der Waals surface area contributed by atoms with Gasteiger partial charge in [0.25, 0.3) is 0 Å². The summed E-state index contributed by atoms with van der Waals surface area (Å²) in [4.78, 5) is 14.1. The maximum absolute atomic E-state index is 5.86. The number of hydrogen-bond donors (Lipinski definition) is 1. The van der Waals surface area contributed by atoms with Crippen LogP contribution >= 0.6 is 23.6 Å². The zero-order chi connectivity index (χ0) is 22.8. The van der Waals surface area contributed by atoms with Crippen LogP contribution in [-0.2, 0) is 4.74 Å². The number of aromatic nitrogens is 3. The second kappa shape index (κ2) is 9.89. The van der Waals surface area contributed by atoms with E-state index in [9.17, 15) is 0 Å². The molecule has 1 N–H and O–H groups in total. The number of pyridine rings is 1. The van der Waals surface area contributed by atoms with Gasteiger partial charge in [-0.15, -0.1) is 11.3 Å². The Bertz CT molecular complexity index is 1080. The fourth-order valence-corrected chi connectivity index (χ4v) is 6.07. The summed E-state index contributed by atoms with van der Waals surface area (Å²) in [5.74, 6) is 0. The average Bonchev–Trinajstić information content (AvgIpc) is 3.54. The van der Waals surface area contributed by atoms with E-state index in [1.807, 2.05) is 29.9 Å². The second-order valence-electron chi connectivity index (χ2n) is 8.60. The van der Waals surface area contributed by atoms with Gasteiger partial charge in [0.15, 0.2) is 10.2 Å². The highest BCUT2D eigenvalue weighted by Gasteiger charge is 2.41. The van der Waals surface area contributed by atoms with Gasteiger partial charge in [-0.1, -0.05) is 6.07 Å². The van der Waals surface area contributed by atoms with E-state index < -0.39 is 0 Å². The molecule has 9 heteroatoms. The molecule has 3 aromatic heterocycles. The van der Waals surface area contributed by atoms with Crippen LogP contribution in [0.5, 0.6) is 0 Å². The third-order valence-corrected chi connectivity index (χ3v) is 7.68. The molecule has 0 saturated carbocycles. The topological polar surface area (TPSA) is 58.5 Å². The predicted octanol–water partition coefficient (Wildman–Crippen LogP) is 3.64.